The van der Waals surface area contributed by atoms with E-state index in [2.05, 4.69) is 40.7 Å². The highest BCUT2D eigenvalue weighted by molar-refractivity contribution is 5.92. The van der Waals surface area contributed by atoms with Crippen LogP contribution >= 0.6 is 0 Å². The first kappa shape index (κ1) is 22.3. The van der Waals surface area contributed by atoms with E-state index in [0.29, 0.717) is 24.2 Å². The summed E-state index contributed by atoms with van der Waals surface area (Å²) in [6.45, 7) is 7.70. The number of nitrogens with zero attached hydrogens (tertiary/aromatic N) is 4. The first-order valence-electron chi connectivity index (χ1n) is 10.6. The summed E-state index contributed by atoms with van der Waals surface area (Å²) in [7, 11) is 0. The number of hydrogen-bond donors (Lipinski definition) is 1. The molecule has 0 aliphatic rings. The van der Waals surface area contributed by atoms with Crippen LogP contribution in [0.4, 0.5) is 0 Å². The van der Waals surface area contributed by atoms with Crippen LogP contribution in [0.2, 0.25) is 0 Å². The van der Waals surface area contributed by atoms with Gasteiger partial charge in [-0.3, -0.25) is 20.0 Å². The zero-order chi connectivity index (χ0) is 22.1. The minimum absolute atomic E-state index is 0.0548. The Hall–Kier alpha value is -3.34. The molecule has 5 heteroatoms. The van der Waals surface area contributed by atoms with Crippen molar-refractivity contribution in [2.24, 2.45) is 9.98 Å². The van der Waals surface area contributed by atoms with E-state index in [-0.39, 0.29) is 11.2 Å². The minimum Gasteiger partial charge on any atom is -0.507 e. The van der Waals surface area contributed by atoms with Crippen molar-refractivity contribution in [1.82, 2.24) is 9.97 Å². The van der Waals surface area contributed by atoms with Gasteiger partial charge in [-0.2, -0.15) is 0 Å². The van der Waals surface area contributed by atoms with Crippen LogP contribution in [0, 0.1) is 0 Å². The van der Waals surface area contributed by atoms with Crippen LogP contribution in [-0.4, -0.2) is 40.6 Å². The lowest BCUT2D eigenvalue weighted by Gasteiger charge is -2.21. The van der Waals surface area contributed by atoms with Gasteiger partial charge in [0.15, 0.2) is 0 Å². The predicted octanol–water partition coefficient (Wildman–Crippen LogP) is 4.80. The molecule has 0 fully saturated rings. The maximum atomic E-state index is 10.8. The second-order valence-corrected chi connectivity index (χ2v) is 8.47. The maximum Gasteiger partial charge on any atom is 0.133 e. The Kier molecular flexibility index (Phi) is 7.65. The summed E-state index contributed by atoms with van der Waals surface area (Å²) in [5, 5.41) is 10.8. The summed E-state index contributed by atoms with van der Waals surface area (Å²) in [5.74, 6) is 0.205. The first-order chi connectivity index (χ1) is 14.9. The molecule has 3 aromatic rings. The molecular formula is C26H30N4O. The normalized spacial score (nSPS) is 12.1. The van der Waals surface area contributed by atoms with Crippen molar-refractivity contribution < 1.29 is 5.11 Å². The number of pyridine rings is 2. The lowest BCUT2D eigenvalue weighted by atomic mass is 9.85. The number of benzene rings is 1. The quantitative estimate of drug-likeness (QED) is 0.538. The Labute approximate surface area is 184 Å². The summed E-state index contributed by atoms with van der Waals surface area (Å²) in [6, 6.07) is 15.8. The second kappa shape index (κ2) is 10.6. The molecular weight excluding hydrogens is 384 g/mol. The van der Waals surface area contributed by atoms with Crippen LogP contribution in [0.1, 0.15) is 48.8 Å². The molecule has 160 valence electrons. The molecule has 0 atom stereocenters. The number of aromatic nitrogens is 2. The van der Waals surface area contributed by atoms with Gasteiger partial charge >= 0.3 is 0 Å². The van der Waals surface area contributed by atoms with Gasteiger partial charge in [0.05, 0.1) is 0 Å². The van der Waals surface area contributed by atoms with Crippen molar-refractivity contribution >= 4 is 12.4 Å². The zero-order valence-corrected chi connectivity index (χ0v) is 18.5. The smallest absolute Gasteiger partial charge is 0.133 e. The van der Waals surface area contributed by atoms with Crippen molar-refractivity contribution in [1.29, 1.82) is 0 Å². The fourth-order valence-electron chi connectivity index (χ4n) is 3.09. The number of hydrogen-bond acceptors (Lipinski definition) is 5. The fourth-order valence-corrected chi connectivity index (χ4v) is 3.09. The Morgan fingerprint density at radius 2 is 1.29 bits per heavy atom. The first-order valence-corrected chi connectivity index (χ1v) is 10.6. The SMILES string of the molecule is CC(C)(C)c1cc(C=NCCc2ccccn2)c(O)c(C=NCCc2ccccn2)c1. The van der Waals surface area contributed by atoms with Gasteiger partial charge < -0.3 is 5.11 Å². The van der Waals surface area contributed by atoms with Gasteiger partial charge in [0.25, 0.3) is 0 Å². The number of phenols is 1. The predicted molar refractivity (Wildman–Crippen MR) is 128 cm³/mol. The van der Waals surface area contributed by atoms with Crippen LogP contribution < -0.4 is 0 Å². The topological polar surface area (TPSA) is 70.7 Å². The van der Waals surface area contributed by atoms with Crippen molar-refractivity contribution in [2.75, 3.05) is 13.1 Å². The highest BCUT2D eigenvalue weighted by Gasteiger charge is 2.17. The van der Waals surface area contributed by atoms with E-state index < -0.39 is 0 Å². The number of phenolic OH excluding ortho intramolecular Hbond substituents is 1. The summed E-state index contributed by atoms with van der Waals surface area (Å²) in [6.07, 6.45) is 8.60. The fraction of sp³-hybridized carbons (Fsp3) is 0.308. The summed E-state index contributed by atoms with van der Waals surface area (Å²) in [4.78, 5) is 17.7. The molecule has 3 rings (SSSR count). The molecule has 2 aromatic heterocycles. The molecule has 31 heavy (non-hydrogen) atoms. The molecule has 0 radical (unpaired) electrons. The lowest BCUT2D eigenvalue weighted by Crippen LogP contribution is -2.12. The van der Waals surface area contributed by atoms with Crippen molar-refractivity contribution in [3.63, 3.8) is 0 Å². The molecule has 0 amide bonds. The largest absolute Gasteiger partial charge is 0.507 e. The molecule has 1 N–H and O–H groups in total. The monoisotopic (exact) mass is 414 g/mol. The standard InChI is InChI=1S/C26H30N4O/c1-26(2,3)22-16-20(18-27-14-10-23-8-4-6-12-29-23)25(31)21(17-22)19-28-15-11-24-9-5-7-13-30-24/h4-9,12-13,16-19,31H,10-11,14-15H2,1-3H3. The van der Waals surface area contributed by atoms with Crippen LogP contribution in [-0.2, 0) is 18.3 Å². The minimum atomic E-state index is -0.0548. The van der Waals surface area contributed by atoms with E-state index in [1.807, 2.05) is 48.5 Å². The molecule has 0 saturated heterocycles. The molecule has 0 bridgehead atoms. The van der Waals surface area contributed by atoms with E-state index in [1.54, 1.807) is 24.8 Å². The van der Waals surface area contributed by atoms with Gasteiger partial charge in [-0.1, -0.05) is 32.9 Å². The third-order valence-electron chi connectivity index (χ3n) is 4.94. The maximum absolute atomic E-state index is 10.8. The second-order valence-electron chi connectivity index (χ2n) is 8.47. The van der Waals surface area contributed by atoms with Gasteiger partial charge in [0.2, 0.25) is 0 Å². The Bertz CT molecular complexity index is 948. The molecule has 0 unspecified atom stereocenters. The van der Waals surface area contributed by atoms with E-state index >= 15 is 0 Å². The highest BCUT2D eigenvalue weighted by Crippen LogP contribution is 2.29. The molecule has 0 aliphatic heterocycles. The van der Waals surface area contributed by atoms with Gasteiger partial charge in [0, 0.05) is 73.3 Å². The Morgan fingerprint density at radius 3 is 1.68 bits per heavy atom. The summed E-state index contributed by atoms with van der Waals surface area (Å²) < 4.78 is 0. The third kappa shape index (κ3) is 6.85. The van der Waals surface area contributed by atoms with E-state index in [4.69, 9.17) is 0 Å². The van der Waals surface area contributed by atoms with Crippen molar-refractivity contribution in [2.45, 2.75) is 39.0 Å². The van der Waals surface area contributed by atoms with Crippen LogP contribution in [0.3, 0.4) is 0 Å². The molecule has 2 heterocycles. The average molecular weight is 415 g/mol. The molecule has 0 aliphatic carbocycles. The number of rotatable bonds is 8. The van der Waals surface area contributed by atoms with Gasteiger partial charge in [-0.15, -0.1) is 0 Å². The van der Waals surface area contributed by atoms with Crippen LogP contribution in [0.15, 0.2) is 70.9 Å². The molecule has 1 aromatic carbocycles. The summed E-state index contributed by atoms with van der Waals surface area (Å²) in [5.41, 5.74) is 4.50. The Balaban J connectivity index is 1.73. The third-order valence-corrected chi connectivity index (χ3v) is 4.94. The van der Waals surface area contributed by atoms with Gasteiger partial charge in [-0.25, -0.2) is 0 Å². The van der Waals surface area contributed by atoms with Crippen molar-refractivity contribution in [3.05, 3.63) is 89.0 Å². The number of aliphatic imine (C=N–C) groups is 2. The van der Waals surface area contributed by atoms with E-state index in [0.717, 1.165) is 29.8 Å². The number of aromatic hydroxyl groups is 1. The summed E-state index contributed by atoms with van der Waals surface area (Å²) >= 11 is 0. The molecule has 0 saturated carbocycles. The van der Waals surface area contributed by atoms with E-state index in [1.165, 1.54) is 0 Å². The Morgan fingerprint density at radius 1 is 0.806 bits per heavy atom. The lowest BCUT2D eigenvalue weighted by molar-refractivity contribution is 0.472. The van der Waals surface area contributed by atoms with Crippen molar-refractivity contribution in [3.8, 4) is 5.75 Å². The van der Waals surface area contributed by atoms with Gasteiger partial charge in [-0.05, 0) is 47.4 Å². The van der Waals surface area contributed by atoms with Crippen LogP contribution in [0.5, 0.6) is 5.75 Å². The molecule has 5 nitrogen and oxygen atoms in total. The zero-order valence-electron chi connectivity index (χ0n) is 18.5. The average Bonchev–Trinajstić information content (AvgIpc) is 2.76. The highest BCUT2D eigenvalue weighted by atomic mass is 16.3. The van der Waals surface area contributed by atoms with E-state index in [9.17, 15) is 5.11 Å². The molecule has 0 spiro atoms. The van der Waals surface area contributed by atoms with Crippen LogP contribution in [0.25, 0.3) is 0 Å². The van der Waals surface area contributed by atoms with Gasteiger partial charge in [0.1, 0.15) is 5.75 Å².